The smallest absolute Gasteiger partial charge is 0.129 e. The molecule has 0 aliphatic carbocycles. The normalized spacial score (nSPS) is 10.8. The third-order valence-corrected chi connectivity index (χ3v) is 4.38. The molecule has 20 heavy (non-hydrogen) atoms. The van der Waals surface area contributed by atoms with Crippen LogP contribution in [-0.2, 0) is 0 Å². The fourth-order valence-electron chi connectivity index (χ4n) is 1.98. The summed E-state index contributed by atoms with van der Waals surface area (Å²) in [5, 5.41) is 3.53. The number of halogens is 1. The predicted molar refractivity (Wildman–Crippen MR) is 85.3 cm³/mol. The van der Waals surface area contributed by atoms with Gasteiger partial charge in [-0.15, -0.1) is 11.3 Å². The zero-order valence-corrected chi connectivity index (χ0v) is 12.8. The molecule has 100 valence electrons. The van der Waals surface area contributed by atoms with Crippen LogP contribution in [0.3, 0.4) is 0 Å². The first-order chi connectivity index (χ1) is 9.63. The Kier molecular flexibility index (Phi) is 3.55. The Hall–Kier alpha value is -1.71. The van der Waals surface area contributed by atoms with Gasteiger partial charge < -0.3 is 0 Å². The summed E-state index contributed by atoms with van der Waals surface area (Å²) in [6.07, 6.45) is 1.70. The van der Waals surface area contributed by atoms with E-state index in [0.717, 1.165) is 21.8 Å². The van der Waals surface area contributed by atoms with Gasteiger partial charge in [-0.2, -0.15) is 0 Å². The Morgan fingerprint density at radius 2 is 1.85 bits per heavy atom. The summed E-state index contributed by atoms with van der Waals surface area (Å²) in [4.78, 5) is 8.69. The molecule has 0 saturated heterocycles. The van der Waals surface area contributed by atoms with E-state index in [1.54, 1.807) is 17.5 Å². The van der Waals surface area contributed by atoms with Crippen LogP contribution in [0.25, 0.3) is 21.8 Å². The molecule has 4 heteroatoms. The number of pyridine rings is 1. The molecule has 0 atom stereocenters. The van der Waals surface area contributed by atoms with E-state index in [4.69, 9.17) is 16.6 Å². The molecule has 0 N–H and O–H groups in total. The van der Waals surface area contributed by atoms with Gasteiger partial charge in [0.2, 0.25) is 0 Å². The number of nitrogens with zero attached hydrogens (tertiary/aromatic N) is 2. The zero-order valence-electron chi connectivity index (χ0n) is 11.2. The minimum Gasteiger partial charge on any atom is -0.245 e. The molecular formula is C16H13ClN2S. The monoisotopic (exact) mass is 300 g/mol. The second kappa shape index (κ2) is 5.35. The molecular weight excluding hydrogens is 288 g/mol. The van der Waals surface area contributed by atoms with Gasteiger partial charge in [-0.25, -0.2) is 9.97 Å². The van der Waals surface area contributed by atoms with Crippen LogP contribution < -0.4 is 0 Å². The van der Waals surface area contributed by atoms with Crippen molar-refractivity contribution in [2.24, 2.45) is 0 Å². The van der Waals surface area contributed by atoms with Gasteiger partial charge in [0.1, 0.15) is 10.2 Å². The van der Waals surface area contributed by atoms with Crippen LogP contribution >= 0.6 is 22.9 Å². The Morgan fingerprint density at radius 3 is 2.60 bits per heavy atom. The van der Waals surface area contributed by atoms with Gasteiger partial charge in [0.05, 0.1) is 5.69 Å². The second-order valence-corrected chi connectivity index (χ2v) is 5.95. The maximum absolute atomic E-state index is 5.92. The fraction of sp³-hybridized carbons (Fsp3) is 0.125. The van der Waals surface area contributed by atoms with Crippen LogP contribution in [0.2, 0.25) is 5.15 Å². The van der Waals surface area contributed by atoms with Gasteiger partial charge in [0.25, 0.3) is 0 Å². The minimum absolute atomic E-state index is 0.491. The van der Waals surface area contributed by atoms with Crippen LogP contribution in [0.5, 0.6) is 0 Å². The van der Waals surface area contributed by atoms with Gasteiger partial charge in [-0.3, -0.25) is 0 Å². The lowest BCUT2D eigenvalue weighted by Crippen LogP contribution is -1.84. The fourth-order valence-corrected chi connectivity index (χ4v) is 2.98. The van der Waals surface area contributed by atoms with Gasteiger partial charge in [0, 0.05) is 22.7 Å². The molecule has 0 fully saturated rings. The Morgan fingerprint density at radius 1 is 1.00 bits per heavy atom. The number of hydrogen-bond acceptors (Lipinski definition) is 3. The SMILES string of the molecule is Cc1ccc(-c2csc(-c3ccnc(Cl)c3)n2)cc1C. The van der Waals surface area contributed by atoms with Crippen molar-refractivity contribution < 1.29 is 0 Å². The molecule has 0 bridgehead atoms. The number of hydrogen-bond donors (Lipinski definition) is 0. The van der Waals surface area contributed by atoms with Gasteiger partial charge in [0.15, 0.2) is 0 Å². The summed E-state index contributed by atoms with van der Waals surface area (Å²) in [5.41, 5.74) is 5.73. The highest BCUT2D eigenvalue weighted by Gasteiger charge is 2.08. The standard InChI is InChI=1S/C16H13ClN2S/c1-10-3-4-12(7-11(10)2)14-9-20-16(19-14)13-5-6-18-15(17)8-13/h3-9H,1-2H3. The first-order valence-corrected chi connectivity index (χ1v) is 7.54. The highest BCUT2D eigenvalue weighted by Crippen LogP contribution is 2.30. The molecule has 0 amide bonds. The van der Waals surface area contributed by atoms with E-state index in [1.807, 2.05) is 12.1 Å². The van der Waals surface area contributed by atoms with Crippen LogP contribution in [0.4, 0.5) is 0 Å². The van der Waals surface area contributed by atoms with E-state index in [9.17, 15) is 0 Å². The summed E-state index contributed by atoms with van der Waals surface area (Å²) in [5.74, 6) is 0. The largest absolute Gasteiger partial charge is 0.245 e. The third-order valence-electron chi connectivity index (χ3n) is 3.28. The average molecular weight is 301 g/mol. The topological polar surface area (TPSA) is 25.8 Å². The van der Waals surface area contributed by atoms with E-state index in [1.165, 1.54) is 11.1 Å². The highest BCUT2D eigenvalue weighted by atomic mass is 35.5. The summed E-state index contributed by atoms with van der Waals surface area (Å²) < 4.78 is 0. The molecule has 0 saturated carbocycles. The van der Waals surface area contributed by atoms with E-state index in [0.29, 0.717) is 5.15 Å². The molecule has 0 aliphatic heterocycles. The molecule has 2 heterocycles. The number of rotatable bonds is 2. The number of aryl methyl sites for hydroxylation is 2. The Balaban J connectivity index is 1.99. The quantitative estimate of drug-likeness (QED) is 0.612. The zero-order chi connectivity index (χ0) is 14.1. The van der Waals surface area contributed by atoms with E-state index in [2.05, 4.69) is 42.4 Å². The van der Waals surface area contributed by atoms with Crippen LogP contribution in [0.1, 0.15) is 11.1 Å². The number of benzene rings is 1. The molecule has 3 aromatic rings. The molecule has 2 nitrogen and oxygen atoms in total. The molecule has 0 radical (unpaired) electrons. The molecule has 0 unspecified atom stereocenters. The van der Waals surface area contributed by atoms with Crippen molar-refractivity contribution in [3.8, 4) is 21.8 Å². The predicted octanol–water partition coefficient (Wildman–Crippen LogP) is 5.14. The van der Waals surface area contributed by atoms with E-state index in [-0.39, 0.29) is 0 Å². The van der Waals surface area contributed by atoms with Gasteiger partial charge in [-0.1, -0.05) is 23.7 Å². The maximum atomic E-state index is 5.92. The Labute approximate surface area is 127 Å². The van der Waals surface area contributed by atoms with Crippen molar-refractivity contribution in [2.45, 2.75) is 13.8 Å². The van der Waals surface area contributed by atoms with Crippen molar-refractivity contribution >= 4 is 22.9 Å². The molecule has 0 spiro atoms. The molecule has 0 aliphatic rings. The summed E-state index contributed by atoms with van der Waals surface area (Å²) in [7, 11) is 0. The van der Waals surface area contributed by atoms with Crippen molar-refractivity contribution in [1.29, 1.82) is 0 Å². The molecule has 3 rings (SSSR count). The molecule has 2 aromatic heterocycles. The summed E-state index contributed by atoms with van der Waals surface area (Å²) in [6, 6.07) is 10.2. The van der Waals surface area contributed by atoms with Crippen molar-refractivity contribution in [2.75, 3.05) is 0 Å². The third kappa shape index (κ3) is 2.60. The lowest BCUT2D eigenvalue weighted by atomic mass is 10.1. The minimum atomic E-state index is 0.491. The van der Waals surface area contributed by atoms with Crippen LogP contribution in [0.15, 0.2) is 41.9 Å². The number of aromatic nitrogens is 2. The first kappa shape index (κ1) is 13.3. The van der Waals surface area contributed by atoms with Crippen LogP contribution in [-0.4, -0.2) is 9.97 Å². The average Bonchev–Trinajstić information content (AvgIpc) is 2.92. The molecule has 1 aromatic carbocycles. The van der Waals surface area contributed by atoms with Crippen LogP contribution in [0, 0.1) is 13.8 Å². The van der Waals surface area contributed by atoms with Crippen molar-refractivity contribution in [3.05, 3.63) is 58.2 Å². The lowest BCUT2D eigenvalue weighted by molar-refractivity contribution is 1.31. The van der Waals surface area contributed by atoms with Gasteiger partial charge in [-0.05, 0) is 43.2 Å². The van der Waals surface area contributed by atoms with E-state index < -0.39 is 0 Å². The van der Waals surface area contributed by atoms with Crippen molar-refractivity contribution in [1.82, 2.24) is 9.97 Å². The first-order valence-electron chi connectivity index (χ1n) is 6.28. The second-order valence-electron chi connectivity index (χ2n) is 4.70. The lowest BCUT2D eigenvalue weighted by Gasteiger charge is -2.02. The maximum Gasteiger partial charge on any atom is 0.129 e. The Bertz CT molecular complexity index is 765. The summed E-state index contributed by atoms with van der Waals surface area (Å²) >= 11 is 7.54. The number of thiazole rings is 1. The van der Waals surface area contributed by atoms with E-state index >= 15 is 0 Å². The highest BCUT2D eigenvalue weighted by molar-refractivity contribution is 7.13. The summed E-state index contributed by atoms with van der Waals surface area (Å²) in [6.45, 7) is 4.24. The van der Waals surface area contributed by atoms with Gasteiger partial charge >= 0.3 is 0 Å². The van der Waals surface area contributed by atoms with Crippen molar-refractivity contribution in [3.63, 3.8) is 0 Å².